The predicted molar refractivity (Wildman–Crippen MR) is 76.2 cm³/mol. The number of para-hydroxylation sites is 1. The lowest BCUT2D eigenvalue weighted by Crippen LogP contribution is -1.92. The molecular weight excluding hydrogens is 294 g/mol. The van der Waals surface area contributed by atoms with Crippen molar-refractivity contribution >= 4 is 33.8 Å². The van der Waals surface area contributed by atoms with Crippen molar-refractivity contribution in [1.29, 1.82) is 0 Å². The van der Waals surface area contributed by atoms with Crippen LogP contribution in [0.3, 0.4) is 0 Å². The van der Waals surface area contributed by atoms with Crippen molar-refractivity contribution in [3.8, 4) is 0 Å². The van der Waals surface area contributed by atoms with Crippen molar-refractivity contribution in [2.75, 3.05) is 0 Å². The highest BCUT2D eigenvalue weighted by atomic mass is 79.9. The molecule has 0 amide bonds. The largest absolute Gasteiger partial charge is 0.290 e. The van der Waals surface area contributed by atoms with Crippen molar-refractivity contribution in [2.45, 2.75) is 0 Å². The zero-order valence-corrected chi connectivity index (χ0v) is 11.0. The zero-order valence-electron chi connectivity index (χ0n) is 9.42. The second kappa shape index (κ2) is 5.60. The highest BCUT2D eigenvalue weighted by molar-refractivity contribution is 9.10. The summed E-state index contributed by atoms with van der Waals surface area (Å²) < 4.78 is 0.489. The summed E-state index contributed by atoms with van der Waals surface area (Å²) in [4.78, 5) is 10.6. The third-order valence-electron chi connectivity index (χ3n) is 2.46. The minimum atomic E-state index is -0.380. The van der Waals surface area contributed by atoms with Gasteiger partial charge in [0.25, 0.3) is 5.69 Å². The van der Waals surface area contributed by atoms with Crippen LogP contribution in [0, 0.1) is 10.1 Å². The van der Waals surface area contributed by atoms with E-state index in [-0.39, 0.29) is 10.6 Å². The Bertz CT molecular complexity index is 594. The van der Waals surface area contributed by atoms with Gasteiger partial charge >= 0.3 is 0 Å². The van der Waals surface area contributed by atoms with E-state index in [1.54, 1.807) is 24.3 Å². The molecule has 4 heteroatoms. The average Bonchev–Trinajstić information content (AvgIpc) is 2.37. The molecule has 3 nitrogen and oxygen atoms in total. The van der Waals surface area contributed by atoms with E-state index in [0.29, 0.717) is 10.0 Å². The first-order chi connectivity index (χ1) is 8.68. The lowest BCUT2D eigenvalue weighted by Gasteiger charge is -1.99. The Hall–Kier alpha value is -1.94. The summed E-state index contributed by atoms with van der Waals surface area (Å²) >= 11 is 3.20. The van der Waals surface area contributed by atoms with Gasteiger partial charge in [0.05, 0.1) is 15.0 Å². The van der Waals surface area contributed by atoms with Gasteiger partial charge in [0.15, 0.2) is 0 Å². The summed E-state index contributed by atoms with van der Waals surface area (Å²) in [7, 11) is 0. The number of nitro benzene ring substituents is 1. The number of rotatable bonds is 3. The maximum absolute atomic E-state index is 11.0. The zero-order chi connectivity index (χ0) is 13.0. The van der Waals surface area contributed by atoms with Crippen molar-refractivity contribution in [2.24, 2.45) is 0 Å². The number of hydrogen-bond acceptors (Lipinski definition) is 2. The number of benzene rings is 2. The van der Waals surface area contributed by atoms with Crippen LogP contribution in [0.15, 0.2) is 53.0 Å². The van der Waals surface area contributed by atoms with Crippen LogP contribution < -0.4 is 0 Å². The molecular formula is C14H10BrNO2. The summed E-state index contributed by atoms with van der Waals surface area (Å²) in [6, 6.07) is 14.8. The van der Waals surface area contributed by atoms with E-state index in [2.05, 4.69) is 15.9 Å². The Morgan fingerprint density at radius 1 is 1.00 bits per heavy atom. The Labute approximate surface area is 113 Å². The molecule has 0 atom stereocenters. The Morgan fingerprint density at radius 2 is 1.72 bits per heavy atom. The third-order valence-corrected chi connectivity index (χ3v) is 3.10. The molecule has 2 rings (SSSR count). The van der Waals surface area contributed by atoms with Crippen LogP contribution in [0.1, 0.15) is 11.1 Å². The molecule has 0 unspecified atom stereocenters. The van der Waals surface area contributed by atoms with Crippen LogP contribution in [-0.4, -0.2) is 4.92 Å². The fourth-order valence-corrected chi connectivity index (χ4v) is 2.14. The minimum absolute atomic E-state index is 0.0877. The second-order valence-electron chi connectivity index (χ2n) is 3.68. The molecule has 2 aromatic carbocycles. The summed E-state index contributed by atoms with van der Waals surface area (Å²) in [5.74, 6) is 0. The number of nitrogens with zero attached hydrogens (tertiary/aromatic N) is 1. The molecule has 90 valence electrons. The molecule has 0 aliphatic heterocycles. The van der Waals surface area contributed by atoms with Crippen molar-refractivity contribution in [3.05, 3.63) is 74.2 Å². The van der Waals surface area contributed by atoms with Gasteiger partial charge in [-0.05, 0) is 39.7 Å². The van der Waals surface area contributed by atoms with Gasteiger partial charge in [0, 0.05) is 0 Å². The molecule has 2 aromatic rings. The maximum atomic E-state index is 11.0. The standard InChI is InChI=1S/C14H10BrNO2/c15-13-8-4-7-12(14(13)16(17)18)10-9-11-5-2-1-3-6-11/h1-10H. The molecule has 0 spiro atoms. The monoisotopic (exact) mass is 303 g/mol. The quantitative estimate of drug-likeness (QED) is 0.475. The van der Waals surface area contributed by atoms with E-state index in [4.69, 9.17) is 0 Å². The molecule has 0 saturated heterocycles. The smallest absolute Gasteiger partial charge is 0.258 e. The molecule has 0 aliphatic rings. The SMILES string of the molecule is O=[N+]([O-])c1c(Br)cccc1C=Cc1ccccc1. The molecule has 0 aliphatic carbocycles. The van der Waals surface area contributed by atoms with Crippen molar-refractivity contribution in [3.63, 3.8) is 0 Å². The van der Waals surface area contributed by atoms with Crippen LogP contribution >= 0.6 is 15.9 Å². The molecule has 0 saturated carbocycles. The lowest BCUT2D eigenvalue weighted by atomic mass is 10.1. The fraction of sp³-hybridized carbons (Fsp3) is 0. The van der Waals surface area contributed by atoms with E-state index >= 15 is 0 Å². The van der Waals surface area contributed by atoms with E-state index in [1.807, 2.05) is 36.4 Å². The molecule has 18 heavy (non-hydrogen) atoms. The molecule has 0 fully saturated rings. The van der Waals surface area contributed by atoms with Gasteiger partial charge in [0.2, 0.25) is 0 Å². The van der Waals surface area contributed by atoms with Gasteiger partial charge < -0.3 is 0 Å². The number of halogens is 1. The van der Waals surface area contributed by atoms with Crippen LogP contribution in [0.5, 0.6) is 0 Å². The van der Waals surface area contributed by atoms with Gasteiger partial charge in [-0.3, -0.25) is 10.1 Å². The Balaban J connectivity index is 2.38. The van der Waals surface area contributed by atoms with Crippen LogP contribution in [0.4, 0.5) is 5.69 Å². The third kappa shape index (κ3) is 2.84. The lowest BCUT2D eigenvalue weighted by molar-refractivity contribution is -0.385. The first-order valence-electron chi connectivity index (χ1n) is 5.34. The topological polar surface area (TPSA) is 43.1 Å². The molecule has 0 radical (unpaired) electrons. The van der Waals surface area contributed by atoms with Gasteiger partial charge in [0.1, 0.15) is 0 Å². The average molecular weight is 304 g/mol. The van der Waals surface area contributed by atoms with Crippen molar-refractivity contribution in [1.82, 2.24) is 0 Å². The van der Waals surface area contributed by atoms with E-state index in [0.717, 1.165) is 5.56 Å². The predicted octanol–water partition coefficient (Wildman–Crippen LogP) is 4.53. The molecule has 0 N–H and O–H groups in total. The van der Waals surface area contributed by atoms with E-state index in [9.17, 15) is 10.1 Å². The first-order valence-corrected chi connectivity index (χ1v) is 6.14. The molecule has 0 aromatic heterocycles. The van der Waals surface area contributed by atoms with Crippen LogP contribution in [0.2, 0.25) is 0 Å². The highest BCUT2D eigenvalue weighted by Crippen LogP contribution is 2.29. The van der Waals surface area contributed by atoms with Gasteiger partial charge in [-0.1, -0.05) is 42.5 Å². The summed E-state index contributed by atoms with van der Waals surface area (Å²) in [5, 5.41) is 11.0. The normalized spacial score (nSPS) is 10.7. The molecule has 0 heterocycles. The van der Waals surface area contributed by atoms with Crippen molar-refractivity contribution < 1.29 is 4.92 Å². The van der Waals surface area contributed by atoms with Gasteiger partial charge in [-0.25, -0.2) is 0 Å². The Kier molecular flexibility index (Phi) is 3.89. The highest BCUT2D eigenvalue weighted by Gasteiger charge is 2.15. The van der Waals surface area contributed by atoms with Gasteiger partial charge in [-0.2, -0.15) is 0 Å². The number of nitro groups is 1. The summed E-state index contributed by atoms with van der Waals surface area (Å²) in [6.45, 7) is 0. The minimum Gasteiger partial charge on any atom is -0.258 e. The van der Waals surface area contributed by atoms with E-state index < -0.39 is 0 Å². The number of hydrogen-bond donors (Lipinski definition) is 0. The maximum Gasteiger partial charge on any atom is 0.290 e. The second-order valence-corrected chi connectivity index (χ2v) is 4.53. The molecule has 0 bridgehead atoms. The van der Waals surface area contributed by atoms with Gasteiger partial charge in [-0.15, -0.1) is 0 Å². The summed E-state index contributed by atoms with van der Waals surface area (Å²) in [6.07, 6.45) is 3.60. The Morgan fingerprint density at radius 3 is 2.39 bits per heavy atom. The van der Waals surface area contributed by atoms with E-state index in [1.165, 1.54) is 0 Å². The summed E-state index contributed by atoms with van der Waals surface area (Å²) in [5.41, 5.74) is 1.68. The van der Waals surface area contributed by atoms with Crippen LogP contribution in [-0.2, 0) is 0 Å². The van der Waals surface area contributed by atoms with Crippen LogP contribution in [0.25, 0.3) is 12.2 Å². The first kappa shape index (κ1) is 12.5. The fourth-order valence-electron chi connectivity index (χ4n) is 1.61.